The van der Waals surface area contributed by atoms with Crippen LogP contribution in [0.4, 0.5) is 0 Å². The Morgan fingerprint density at radius 1 is 1.21 bits per heavy atom. The highest BCUT2D eigenvalue weighted by atomic mass is 16.2. The molecule has 122 valence electrons. The first-order valence-corrected chi connectivity index (χ1v) is 7.37. The van der Waals surface area contributed by atoms with Gasteiger partial charge >= 0.3 is 0 Å². The molecule has 8 heteroatoms. The minimum Gasteiger partial charge on any atom is -0.342 e. The molecule has 3 rings (SSSR count). The number of hydrogen-bond donors (Lipinski definition) is 1. The number of rotatable bonds is 4. The van der Waals surface area contributed by atoms with Crippen molar-refractivity contribution in [1.82, 2.24) is 30.1 Å². The van der Waals surface area contributed by atoms with E-state index in [2.05, 4.69) is 20.8 Å². The third kappa shape index (κ3) is 3.07. The quantitative estimate of drug-likeness (QED) is 0.768. The number of aromatic nitrogens is 5. The zero-order chi connectivity index (χ0) is 17.1. The second-order valence-electron chi connectivity index (χ2n) is 5.34. The number of nitrogens with one attached hydrogen (secondary N) is 1. The molecular formula is C16H16N6O2. The predicted molar refractivity (Wildman–Crippen MR) is 86.7 cm³/mol. The summed E-state index contributed by atoms with van der Waals surface area (Å²) < 4.78 is 2.96. The molecule has 0 aliphatic carbocycles. The van der Waals surface area contributed by atoms with Crippen LogP contribution in [-0.4, -0.2) is 30.7 Å². The maximum Gasteiger partial charge on any atom is 0.252 e. The highest BCUT2D eigenvalue weighted by Crippen LogP contribution is 2.14. The number of pyridine rings is 1. The van der Waals surface area contributed by atoms with Gasteiger partial charge in [-0.1, -0.05) is 18.2 Å². The van der Waals surface area contributed by atoms with Crippen molar-refractivity contribution >= 4 is 5.91 Å². The van der Waals surface area contributed by atoms with Crippen LogP contribution in [0, 0.1) is 0 Å². The summed E-state index contributed by atoms with van der Waals surface area (Å²) in [7, 11) is 1.63. The summed E-state index contributed by atoms with van der Waals surface area (Å²) in [4.78, 5) is 24.0. The van der Waals surface area contributed by atoms with E-state index in [0.29, 0.717) is 11.4 Å². The molecular weight excluding hydrogens is 308 g/mol. The first-order valence-electron chi connectivity index (χ1n) is 7.37. The molecule has 8 nitrogen and oxygen atoms in total. The van der Waals surface area contributed by atoms with Gasteiger partial charge in [0.25, 0.3) is 11.5 Å². The first kappa shape index (κ1) is 15.6. The molecule has 3 aromatic rings. The third-order valence-electron chi connectivity index (χ3n) is 3.60. The van der Waals surface area contributed by atoms with Gasteiger partial charge in [0.2, 0.25) is 0 Å². The minimum absolute atomic E-state index is 0.246. The van der Waals surface area contributed by atoms with Gasteiger partial charge < -0.3 is 9.88 Å². The summed E-state index contributed by atoms with van der Waals surface area (Å²) in [6.07, 6.45) is 1.55. The van der Waals surface area contributed by atoms with Crippen molar-refractivity contribution in [1.29, 1.82) is 0 Å². The van der Waals surface area contributed by atoms with Crippen molar-refractivity contribution in [3.63, 3.8) is 0 Å². The molecule has 1 aromatic carbocycles. The molecule has 1 atom stereocenters. The molecule has 0 aliphatic heterocycles. The lowest BCUT2D eigenvalue weighted by molar-refractivity contribution is 0.0937. The van der Waals surface area contributed by atoms with Crippen LogP contribution >= 0.6 is 0 Å². The van der Waals surface area contributed by atoms with Crippen molar-refractivity contribution in [2.45, 2.75) is 13.0 Å². The molecule has 0 saturated carbocycles. The molecule has 2 heterocycles. The number of para-hydroxylation sites is 1. The molecule has 0 radical (unpaired) electrons. The topological polar surface area (TPSA) is 94.7 Å². The fourth-order valence-corrected chi connectivity index (χ4v) is 2.25. The van der Waals surface area contributed by atoms with Crippen LogP contribution in [0.2, 0.25) is 0 Å². The van der Waals surface area contributed by atoms with Crippen LogP contribution < -0.4 is 10.9 Å². The minimum atomic E-state index is -0.434. The Bertz CT molecular complexity index is 916. The van der Waals surface area contributed by atoms with Gasteiger partial charge in [-0.25, -0.2) is 0 Å². The van der Waals surface area contributed by atoms with Gasteiger partial charge in [0, 0.05) is 24.9 Å². The smallest absolute Gasteiger partial charge is 0.252 e. The molecule has 0 unspecified atom stereocenters. The standard InChI is InChI=1S/C16H16N6O2/c1-11(17-16(24)12-8-9-21(2)14(23)10-12)15-18-19-20-22(15)13-6-4-3-5-7-13/h3-11H,1-2H3,(H,17,24)/t11-/m1/s1. The Kier molecular flexibility index (Phi) is 4.19. The van der Waals surface area contributed by atoms with Crippen molar-refractivity contribution in [2.24, 2.45) is 7.05 Å². The van der Waals surface area contributed by atoms with Gasteiger partial charge in [-0.2, -0.15) is 4.68 Å². The number of amides is 1. The molecule has 24 heavy (non-hydrogen) atoms. The zero-order valence-electron chi connectivity index (χ0n) is 13.2. The molecule has 0 fully saturated rings. The van der Waals surface area contributed by atoms with Gasteiger partial charge in [0.05, 0.1) is 11.7 Å². The van der Waals surface area contributed by atoms with E-state index in [1.807, 2.05) is 30.3 Å². The highest BCUT2D eigenvalue weighted by molar-refractivity contribution is 5.94. The van der Waals surface area contributed by atoms with Crippen molar-refractivity contribution in [3.8, 4) is 5.69 Å². The van der Waals surface area contributed by atoms with Crippen LogP contribution in [-0.2, 0) is 7.05 Å². The summed E-state index contributed by atoms with van der Waals surface area (Å²) in [5.41, 5.74) is 0.847. The monoisotopic (exact) mass is 324 g/mol. The number of carbonyl (C=O) groups is 1. The fraction of sp³-hybridized carbons (Fsp3) is 0.188. The Morgan fingerprint density at radius 2 is 1.96 bits per heavy atom. The molecule has 0 bridgehead atoms. The SMILES string of the molecule is C[C@@H](NC(=O)c1ccn(C)c(=O)c1)c1nnnn1-c1ccccc1. The van der Waals surface area contributed by atoms with E-state index in [4.69, 9.17) is 0 Å². The van der Waals surface area contributed by atoms with Crippen LogP contribution in [0.1, 0.15) is 29.1 Å². The van der Waals surface area contributed by atoms with E-state index in [-0.39, 0.29) is 11.5 Å². The Labute approximate surface area is 137 Å². The van der Waals surface area contributed by atoms with Crippen LogP contribution in [0.5, 0.6) is 0 Å². The van der Waals surface area contributed by atoms with E-state index in [9.17, 15) is 9.59 Å². The van der Waals surface area contributed by atoms with E-state index < -0.39 is 6.04 Å². The fourth-order valence-electron chi connectivity index (χ4n) is 2.25. The maximum atomic E-state index is 12.3. The van der Waals surface area contributed by atoms with Crippen molar-refractivity contribution < 1.29 is 4.79 Å². The molecule has 1 amide bonds. The largest absolute Gasteiger partial charge is 0.342 e. The van der Waals surface area contributed by atoms with Crippen LogP contribution in [0.15, 0.2) is 53.5 Å². The number of aryl methyl sites for hydroxylation is 1. The first-order chi connectivity index (χ1) is 11.6. The average Bonchev–Trinajstić information content (AvgIpc) is 3.08. The van der Waals surface area contributed by atoms with Crippen molar-refractivity contribution in [3.05, 3.63) is 70.4 Å². The number of carbonyl (C=O) groups excluding carboxylic acids is 1. The van der Waals surface area contributed by atoms with Gasteiger partial charge in [-0.05, 0) is 35.5 Å². The molecule has 0 aliphatic rings. The lowest BCUT2D eigenvalue weighted by Gasteiger charge is -2.13. The molecule has 2 aromatic heterocycles. The summed E-state index contributed by atoms with van der Waals surface area (Å²) >= 11 is 0. The van der Waals surface area contributed by atoms with Gasteiger partial charge in [0.1, 0.15) is 0 Å². The molecule has 0 saturated heterocycles. The lowest BCUT2D eigenvalue weighted by Crippen LogP contribution is -2.30. The predicted octanol–water partition coefficient (Wildman–Crippen LogP) is 0.852. The van der Waals surface area contributed by atoms with E-state index in [0.717, 1.165) is 5.69 Å². The summed E-state index contributed by atoms with van der Waals surface area (Å²) in [5, 5.41) is 14.4. The number of hydrogen-bond acceptors (Lipinski definition) is 5. The number of benzene rings is 1. The third-order valence-corrected chi connectivity index (χ3v) is 3.60. The normalized spacial score (nSPS) is 11.9. The average molecular weight is 324 g/mol. The van der Waals surface area contributed by atoms with Gasteiger partial charge in [0.15, 0.2) is 5.82 Å². The van der Waals surface area contributed by atoms with Gasteiger partial charge in [-0.3, -0.25) is 9.59 Å². The number of tetrazole rings is 1. The Hall–Kier alpha value is -3.29. The van der Waals surface area contributed by atoms with Crippen LogP contribution in [0.25, 0.3) is 5.69 Å². The van der Waals surface area contributed by atoms with E-state index in [1.54, 1.807) is 30.9 Å². The van der Waals surface area contributed by atoms with Gasteiger partial charge in [-0.15, -0.1) is 5.10 Å². The van der Waals surface area contributed by atoms with E-state index in [1.165, 1.54) is 10.6 Å². The summed E-state index contributed by atoms with van der Waals surface area (Å²) in [6, 6.07) is 11.8. The maximum absolute atomic E-state index is 12.3. The Morgan fingerprint density at radius 3 is 2.67 bits per heavy atom. The van der Waals surface area contributed by atoms with E-state index >= 15 is 0 Å². The summed E-state index contributed by atoms with van der Waals surface area (Å²) in [6.45, 7) is 1.78. The van der Waals surface area contributed by atoms with Crippen LogP contribution in [0.3, 0.4) is 0 Å². The Balaban J connectivity index is 1.82. The molecule has 1 N–H and O–H groups in total. The lowest BCUT2D eigenvalue weighted by atomic mass is 10.2. The second kappa shape index (κ2) is 6.45. The van der Waals surface area contributed by atoms with Crippen molar-refractivity contribution in [2.75, 3.05) is 0 Å². The zero-order valence-corrected chi connectivity index (χ0v) is 13.2. The second-order valence-corrected chi connectivity index (χ2v) is 5.34. The number of nitrogens with zero attached hydrogens (tertiary/aromatic N) is 5. The summed E-state index contributed by atoms with van der Waals surface area (Å²) in [5.74, 6) is 0.140. The molecule has 0 spiro atoms. The highest BCUT2D eigenvalue weighted by Gasteiger charge is 2.18.